The van der Waals surface area contributed by atoms with Crippen LogP contribution < -0.4 is 4.57 Å². The van der Waals surface area contributed by atoms with Gasteiger partial charge in [-0.3, -0.25) is 0 Å². The Kier molecular flexibility index (Phi) is 6.22. The normalized spacial score (nSPS) is 9.53. The average molecular weight is 323 g/mol. The minimum atomic E-state index is -0.278. The molecule has 0 unspecified atom stereocenters. The van der Waals surface area contributed by atoms with Crippen molar-refractivity contribution in [1.82, 2.24) is 0 Å². The van der Waals surface area contributed by atoms with Crippen LogP contribution in [-0.4, -0.2) is 12.6 Å². The number of pyridine rings is 1. The number of hydrogen-bond acceptors (Lipinski definition) is 2. The van der Waals surface area contributed by atoms with Gasteiger partial charge in [-0.2, -0.15) is 4.57 Å². The van der Waals surface area contributed by atoms with Gasteiger partial charge in [0.05, 0.1) is 6.61 Å². The van der Waals surface area contributed by atoms with E-state index in [1.165, 1.54) is 5.56 Å². The van der Waals surface area contributed by atoms with Gasteiger partial charge in [0, 0.05) is 11.6 Å². The molecule has 3 nitrogen and oxygen atoms in total. The van der Waals surface area contributed by atoms with Crippen LogP contribution in [0.1, 0.15) is 22.8 Å². The zero-order valence-corrected chi connectivity index (χ0v) is 12.5. The van der Waals surface area contributed by atoms with E-state index in [1.54, 1.807) is 13.0 Å². The van der Waals surface area contributed by atoms with Crippen LogP contribution in [0.4, 0.5) is 0 Å². The lowest BCUT2D eigenvalue weighted by atomic mass is 10.2. The van der Waals surface area contributed by atoms with Crippen LogP contribution >= 0.6 is 17.0 Å². The SMILES string of the molecule is Br.CCOC(=O)c1ccc[n+](Cc2ccccc2)c1. The number of carbonyl (C=O) groups excluding carboxylic acids is 1. The van der Waals surface area contributed by atoms with Crippen LogP contribution in [0.3, 0.4) is 0 Å². The molecular weight excluding hydrogens is 306 g/mol. The smallest absolute Gasteiger partial charge is 0.344 e. The lowest BCUT2D eigenvalue weighted by Crippen LogP contribution is -2.34. The minimum Gasteiger partial charge on any atom is -0.462 e. The fourth-order valence-electron chi connectivity index (χ4n) is 1.75. The molecule has 0 fully saturated rings. The van der Waals surface area contributed by atoms with Crippen LogP contribution in [0, 0.1) is 0 Å². The highest BCUT2D eigenvalue weighted by atomic mass is 79.9. The Morgan fingerprint density at radius 2 is 1.89 bits per heavy atom. The van der Waals surface area contributed by atoms with Gasteiger partial charge in [-0.25, -0.2) is 4.79 Å². The molecule has 1 aromatic heterocycles. The first-order chi connectivity index (χ1) is 8.79. The van der Waals surface area contributed by atoms with E-state index in [0.717, 1.165) is 6.54 Å². The minimum absolute atomic E-state index is 0. The van der Waals surface area contributed by atoms with E-state index < -0.39 is 0 Å². The van der Waals surface area contributed by atoms with Gasteiger partial charge in [0.15, 0.2) is 18.9 Å². The quantitative estimate of drug-likeness (QED) is 0.640. The Labute approximate surface area is 123 Å². The first kappa shape index (κ1) is 15.4. The lowest BCUT2D eigenvalue weighted by molar-refractivity contribution is -0.688. The highest BCUT2D eigenvalue weighted by Gasteiger charge is 2.11. The van der Waals surface area contributed by atoms with E-state index in [1.807, 2.05) is 41.2 Å². The molecule has 1 heterocycles. The molecule has 0 N–H and O–H groups in total. The van der Waals surface area contributed by atoms with E-state index >= 15 is 0 Å². The molecule has 2 aromatic rings. The largest absolute Gasteiger partial charge is 0.462 e. The standard InChI is InChI=1S/C15H16NO2.BrH/c1-2-18-15(17)14-9-6-10-16(12-14)11-13-7-4-3-5-8-13;/h3-10,12H,2,11H2,1H3;1H/q+1;. The van der Waals surface area contributed by atoms with Gasteiger partial charge in [0.1, 0.15) is 5.56 Å². The molecule has 1 aromatic carbocycles. The van der Waals surface area contributed by atoms with Crippen molar-refractivity contribution in [1.29, 1.82) is 0 Å². The van der Waals surface area contributed by atoms with Gasteiger partial charge in [0.25, 0.3) is 0 Å². The van der Waals surface area contributed by atoms with Crippen LogP contribution in [0.25, 0.3) is 0 Å². The lowest BCUT2D eigenvalue weighted by Gasteiger charge is -2.01. The summed E-state index contributed by atoms with van der Waals surface area (Å²) in [6.07, 6.45) is 3.75. The van der Waals surface area contributed by atoms with Crippen LogP contribution in [0.5, 0.6) is 0 Å². The number of esters is 1. The number of ether oxygens (including phenoxy) is 1. The van der Waals surface area contributed by atoms with Gasteiger partial charge < -0.3 is 4.74 Å². The average Bonchev–Trinajstić information content (AvgIpc) is 2.40. The summed E-state index contributed by atoms with van der Waals surface area (Å²) in [4.78, 5) is 11.6. The second-order valence-electron chi connectivity index (χ2n) is 3.97. The van der Waals surface area contributed by atoms with Crippen molar-refractivity contribution in [3.63, 3.8) is 0 Å². The maximum atomic E-state index is 11.6. The molecule has 100 valence electrons. The number of hydrogen-bond donors (Lipinski definition) is 0. The molecule has 0 amide bonds. The highest BCUT2D eigenvalue weighted by Crippen LogP contribution is 2.00. The summed E-state index contributed by atoms with van der Waals surface area (Å²) in [5.41, 5.74) is 1.78. The number of halogens is 1. The molecule has 0 saturated heterocycles. The number of carbonyl (C=O) groups is 1. The maximum Gasteiger partial charge on any atom is 0.344 e. The number of benzene rings is 1. The van der Waals surface area contributed by atoms with Crippen LogP contribution in [0.15, 0.2) is 54.9 Å². The first-order valence-corrected chi connectivity index (χ1v) is 5.99. The Balaban J connectivity index is 0.00000180. The third-order valence-corrected chi connectivity index (χ3v) is 2.58. The number of aromatic nitrogens is 1. The summed E-state index contributed by atoms with van der Waals surface area (Å²) in [6.45, 7) is 2.94. The van der Waals surface area contributed by atoms with E-state index in [2.05, 4.69) is 12.1 Å². The molecule has 2 rings (SSSR count). The maximum absolute atomic E-state index is 11.6. The van der Waals surface area contributed by atoms with Crippen molar-refractivity contribution in [3.8, 4) is 0 Å². The van der Waals surface area contributed by atoms with E-state index in [4.69, 9.17) is 4.74 Å². The fraction of sp³-hybridized carbons (Fsp3) is 0.200. The van der Waals surface area contributed by atoms with Crippen molar-refractivity contribution in [2.75, 3.05) is 6.61 Å². The summed E-state index contributed by atoms with van der Waals surface area (Å²) in [5, 5.41) is 0. The molecule has 0 spiro atoms. The number of rotatable bonds is 4. The zero-order valence-electron chi connectivity index (χ0n) is 10.8. The van der Waals surface area contributed by atoms with E-state index in [0.29, 0.717) is 12.2 Å². The molecule has 19 heavy (non-hydrogen) atoms. The first-order valence-electron chi connectivity index (χ1n) is 5.99. The Morgan fingerprint density at radius 3 is 2.58 bits per heavy atom. The summed E-state index contributed by atoms with van der Waals surface area (Å²) >= 11 is 0. The monoisotopic (exact) mass is 322 g/mol. The third-order valence-electron chi connectivity index (χ3n) is 2.58. The topological polar surface area (TPSA) is 30.2 Å². The fourth-order valence-corrected chi connectivity index (χ4v) is 1.75. The van der Waals surface area contributed by atoms with Crippen molar-refractivity contribution in [3.05, 3.63) is 66.0 Å². The van der Waals surface area contributed by atoms with Gasteiger partial charge in [-0.15, -0.1) is 17.0 Å². The second-order valence-corrected chi connectivity index (χ2v) is 3.97. The van der Waals surface area contributed by atoms with Gasteiger partial charge >= 0.3 is 5.97 Å². The molecule has 0 saturated carbocycles. The van der Waals surface area contributed by atoms with Crippen LogP contribution in [0.2, 0.25) is 0 Å². The van der Waals surface area contributed by atoms with Crippen LogP contribution in [-0.2, 0) is 11.3 Å². The Morgan fingerprint density at radius 1 is 1.16 bits per heavy atom. The van der Waals surface area contributed by atoms with Crippen molar-refractivity contribution in [2.45, 2.75) is 13.5 Å². The molecule has 0 aliphatic heterocycles. The van der Waals surface area contributed by atoms with Crippen molar-refractivity contribution in [2.24, 2.45) is 0 Å². The molecule has 4 heteroatoms. The number of nitrogens with zero attached hydrogens (tertiary/aromatic N) is 1. The van der Waals surface area contributed by atoms with E-state index in [-0.39, 0.29) is 23.0 Å². The molecule has 0 aliphatic carbocycles. The predicted molar refractivity (Wildman–Crippen MR) is 78.5 cm³/mol. The highest BCUT2D eigenvalue weighted by molar-refractivity contribution is 8.93. The molecular formula is C15H17BrNO2+. The summed E-state index contributed by atoms with van der Waals surface area (Å²) in [5.74, 6) is -0.278. The molecule has 0 radical (unpaired) electrons. The van der Waals surface area contributed by atoms with Gasteiger partial charge in [0.2, 0.25) is 0 Å². The van der Waals surface area contributed by atoms with Crippen molar-refractivity contribution >= 4 is 23.0 Å². The van der Waals surface area contributed by atoms with E-state index in [9.17, 15) is 4.79 Å². The summed E-state index contributed by atoms with van der Waals surface area (Å²) in [7, 11) is 0. The molecule has 0 bridgehead atoms. The Bertz CT molecular complexity index is 529. The zero-order chi connectivity index (χ0) is 12.8. The third kappa shape index (κ3) is 4.48. The molecule has 0 aliphatic rings. The summed E-state index contributed by atoms with van der Waals surface area (Å²) in [6, 6.07) is 13.7. The Hall–Kier alpha value is -1.68. The molecule has 0 atom stereocenters. The summed E-state index contributed by atoms with van der Waals surface area (Å²) < 4.78 is 6.95. The predicted octanol–water partition coefficient (Wildman–Crippen LogP) is 2.78. The second kappa shape index (κ2) is 7.69. The van der Waals surface area contributed by atoms with Crippen molar-refractivity contribution < 1.29 is 14.1 Å². The van der Waals surface area contributed by atoms with Gasteiger partial charge in [-0.05, 0) is 13.0 Å². The van der Waals surface area contributed by atoms with Gasteiger partial charge in [-0.1, -0.05) is 30.3 Å².